The normalized spacial score (nSPS) is 17.9. The Bertz CT molecular complexity index is 187. The van der Waals surface area contributed by atoms with E-state index in [9.17, 15) is 9.90 Å². The third-order valence-corrected chi connectivity index (χ3v) is 3.32. The van der Waals surface area contributed by atoms with Crippen molar-refractivity contribution < 1.29 is 9.90 Å². The Hall–Kier alpha value is -0.530. The summed E-state index contributed by atoms with van der Waals surface area (Å²) in [6, 6.07) is 0. The third-order valence-electron chi connectivity index (χ3n) is 3.32. The van der Waals surface area contributed by atoms with E-state index in [4.69, 9.17) is 0 Å². The average molecular weight is 200 g/mol. The number of hydrogen-bond donors (Lipinski definition) is 1. The van der Waals surface area contributed by atoms with Crippen molar-refractivity contribution in [1.29, 1.82) is 0 Å². The minimum absolute atomic E-state index is 0.194. The Kier molecular flexibility index (Phi) is 5.17. The first-order chi connectivity index (χ1) is 6.34. The molecule has 1 N–H and O–H groups in total. The number of carboxylic acids is 1. The van der Waals surface area contributed by atoms with Crippen LogP contribution >= 0.6 is 0 Å². The van der Waals surface area contributed by atoms with Crippen molar-refractivity contribution in [2.75, 3.05) is 0 Å². The van der Waals surface area contributed by atoms with Gasteiger partial charge >= 0.3 is 5.97 Å². The molecule has 14 heavy (non-hydrogen) atoms. The predicted octanol–water partition coefficient (Wildman–Crippen LogP) is 3.56. The molecular weight excluding hydrogens is 176 g/mol. The molecule has 0 saturated heterocycles. The van der Waals surface area contributed by atoms with Crippen molar-refractivity contribution in [2.45, 2.75) is 53.9 Å². The van der Waals surface area contributed by atoms with Gasteiger partial charge in [-0.3, -0.25) is 4.79 Å². The number of carboxylic acid groups (broad SMARTS) is 1. The molecule has 0 radical (unpaired) electrons. The summed E-state index contributed by atoms with van der Waals surface area (Å²) in [6.07, 6.45) is 3.04. The van der Waals surface area contributed by atoms with E-state index in [0.29, 0.717) is 5.92 Å². The van der Waals surface area contributed by atoms with Crippen LogP contribution in [0.15, 0.2) is 0 Å². The lowest BCUT2D eigenvalue weighted by atomic mass is 9.72. The number of rotatable bonds is 6. The van der Waals surface area contributed by atoms with Crippen molar-refractivity contribution in [1.82, 2.24) is 0 Å². The monoisotopic (exact) mass is 200 g/mol. The van der Waals surface area contributed by atoms with Crippen LogP contribution in [0.1, 0.15) is 53.9 Å². The molecule has 0 saturated carbocycles. The van der Waals surface area contributed by atoms with Gasteiger partial charge in [-0.05, 0) is 25.2 Å². The lowest BCUT2D eigenvalue weighted by Crippen LogP contribution is -2.34. The number of carbonyl (C=O) groups is 1. The molecule has 0 fully saturated rings. The second-order valence-electron chi connectivity index (χ2n) is 4.98. The minimum Gasteiger partial charge on any atom is -0.481 e. The largest absolute Gasteiger partial charge is 0.481 e. The molecule has 0 spiro atoms. The van der Waals surface area contributed by atoms with E-state index in [-0.39, 0.29) is 5.92 Å². The molecule has 0 aromatic carbocycles. The van der Waals surface area contributed by atoms with Crippen molar-refractivity contribution in [3.05, 3.63) is 0 Å². The van der Waals surface area contributed by atoms with Gasteiger partial charge in [0.05, 0.1) is 5.41 Å². The van der Waals surface area contributed by atoms with Crippen molar-refractivity contribution in [3.63, 3.8) is 0 Å². The van der Waals surface area contributed by atoms with Gasteiger partial charge in [0.25, 0.3) is 0 Å². The molecule has 0 rings (SSSR count). The van der Waals surface area contributed by atoms with Gasteiger partial charge in [-0.1, -0.05) is 40.5 Å². The summed E-state index contributed by atoms with van der Waals surface area (Å²) >= 11 is 0. The standard InChI is InChI=1S/C12H24O2/c1-6-7-10(4)8-12(5,9(2)3)11(13)14/h9-10H,6-8H2,1-5H3,(H,13,14). The summed E-state index contributed by atoms with van der Waals surface area (Å²) in [5.41, 5.74) is -0.561. The maximum absolute atomic E-state index is 11.2. The minimum atomic E-state index is -0.657. The van der Waals surface area contributed by atoms with Crippen LogP contribution in [0.5, 0.6) is 0 Å². The van der Waals surface area contributed by atoms with Crippen LogP contribution in [0.25, 0.3) is 0 Å². The summed E-state index contributed by atoms with van der Waals surface area (Å²) in [6.45, 7) is 10.1. The Morgan fingerprint density at radius 1 is 1.36 bits per heavy atom. The first-order valence-electron chi connectivity index (χ1n) is 5.58. The van der Waals surface area contributed by atoms with Gasteiger partial charge in [-0.2, -0.15) is 0 Å². The highest BCUT2D eigenvalue weighted by Crippen LogP contribution is 2.35. The molecule has 2 unspecified atom stereocenters. The van der Waals surface area contributed by atoms with Gasteiger partial charge < -0.3 is 5.11 Å². The third kappa shape index (κ3) is 3.32. The fraction of sp³-hybridized carbons (Fsp3) is 0.917. The molecule has 0 heterocycles. The average Bonchev–Trinajstić information content (AvgIpc) is 2.03. The zero-order valence-electron chi connectivity index (χ0n) is 10.1. The first kappa shape index (κ1) is 13.5. The lowest BCUT2D eigenvalue weighted by Gasteiger charge is -2.31. The van der Waals surface area contributed by atoms with Crippen LogP contribution in [-0.4, -0.2) is 11.1 Å². The zero-order chi connectivity index (χ0) is 11.4. The molecular formula is C12H24O2. The van der Waals surface area contributed by atoms with Gasteiger partial charge in [-0.15, -0.1) is 0 Å². The molecule has 2 heteroatoms. The van der Waals surface area contributed by atoms with Crippen molar-refractivity contribution in [2.24, 2.45) is 17.3 Å². The van der Waals surface area contributed by atoms with Gasteiger partial charge in [0, 0.05) is 0 Å². The van der Waals surface area contributed by atoms with Crippen LogP contribution in [0.4, 0.5) is 0 Å². The molecule has 0 amide bonds. The van der Waals surface area contributed by atoms with E-state index >= 15 is 0 Å². The second-order valence-corrected chi connectivity index (χ2v) is 4.98. The van der Waals surface area contributed by atoms with Crippen LogP contribution in [-0.2, 0) is 4.79 Å². The molecule has 0 aliphatic carbocycles. The summed E-state index contributed by atoms with van der Waals surface area (Å²) < 4.78 is 0. The van der Waals surface area contributed by atoms with Gasteiger partial charge in [0.1, 0.15) is 0 Å². The molecule has 0 bridgehead atoms. The van der Waals surface area contributed by atoms with Gasteiger partial charge in [0.15, 0.2) is 0 Å². The van der Waals surface area contributed by atoms with Crippen molar-refractivity contribution in [3.8, 4) is 0 Å². The van der Waals surface area contributed by atoms with Crippen LogP contribution in [0, 0.1) is 17.3 Å². The van der Waals surface area contributed by atoms with E-state index < -0.39 is 11.4 Å². The fourth-order valence-corrected chi connectivity index (χ4v) is 1.89. The van der Waals surface area contributed by atoms with Crippen LogP contribution in [0.2, 0.25) is 0 Å². The predicted molar refractivity (Wildman–Crippen MR) is 59.3 cm³/mol. The number of aliphatic carboxylic acids is 1. The summed E-state index contributed by atoms with van der Waals surface area (Å²) in [5, 5.41) is 9.22. The highest BCUT2D eigenvalue weighted by atomic mass is 16.4. The highest BCUT2D eigenvalue weighted by molar-refractivity contribution is 5.74. The number of hydrogen-bond acceptors (Lipinski definition) is 1. The van der Waals surface area contributed by atoms with Gasteiger partial charge in [-0.25, -0.2) is 0 Å². The molecule has 84 valence electrons. The molecule has 0 aliphatic heterocycles. The molecule has 0 aliphatic rings. The van der Waals surface area contributed by atoms with Crippen LogP contribution < -0.4 is 0 Å². The van der Waals surface area contributed by atoms with E-state index in [2.05, 4.69) is 13.8 Å². The summed E-state index contributed by atoms with van der Waals surface area (Å²) in [5.74, 6) is 0.0401. The van der Waals surface area contributed by atoms with E-state index in [1.54, 1.807) is 0 Å². The molecule has 0 aromatic heterocycles. The smallest absolute Gasteiger partial charge is 0.309 e. The quantitative estimate of drug-likeness (QED) is 0.711. The van der Waals surface area contributed by atoms with E-state index in [1.165, 1.54) is 0 Å². The maximum Gasteiger partial charge on any atom is 0.309 e. The first-order valence-corrected chi connectivity index (χ1v) is 5.58. The van der Waals surface area contributed by atoms with E-state index in [1.807, 2.05) is 20.8 Å². The Labute approximate surface area is 87.7 Å². The molecule has 2 nitrogen and oxygen atoms in total. The van der Waals surface area contributed by atoms with Gasteiger partial charge in [0.2, 0.25) is 0 Å². The molecule has 2 atom stereocenters. The topological polar surface area (TPSA) is 37.3 Å². The van der Waals surface area contributed by atoms with Crippen molar-refractivity contribution >= 4 is 5.97 Å². The Morgan fingerprint density at radius 2 is 1.86 bits per heavy atom. The lowest BCUT2D eigenvalue weighted by molar-refractivity contribution is -0.151. The van der Waals surface area contributed by atoms with E-state index in [0.717, 1.165) is 19.3 Å². The zero-order valence-corrected chi connectivity index (χ0v) is 10.1. The Balaban J connectivity index is 4.45. The van der Waals surface area contributed by atoms with Crippen LogP contribution in [0.3, 0.4) is 0 Å². The highest BCUT2D eigenvalue weighted by Gasteiger charge is 2.37. The summed E-state index contributed by atoms with van der Waals surface area (Å²) in [4.78, 5) is 11.2. The molecule has 0 aromatic rings. The SMILES string of the molecule is CCCC(C)CC(C)(C(=O)O)C(C)C. The fourth-order valence-electron chi connectivity index (χ4n) is 1.89. The maximum atomic E-state index is 11.2. The Morgan fingerprint density at radius 3 is 2.14 bits per heavy atom. The summed E-state index contributed by atoms with van der Waals surface area (Å²) in [7, 11) is 0. The second kappa shape index (κ2) is 5.38.